The molecule has 1 aliphatic heterocycles. The van der Waals surface area contributed by atoms with Gasteiger partial charge in [0.2, 0.25) is 0 Å². The van der Waals surface area contributed by atoms with Gasteiger partial charge in [0.25, 0.3) is 0 Å². The molecule has 2 N–H and O–H groups in total. The number of carbonyl (C=O) groups excluding carboxylic acids is 1. The van der Waals surface area contributed by atoms with Crippen molar-refractivity contribution in [3.8, 4) is 0 Å². The molecule has 0 aliphatic carbocycles. The highest BCUT2D eigenvalue weighted by molar-refractivity contribution is 6.04. The molecule has 0 fully saturated rings. The average Bonchev–Trinajstić information content (AvgIpc) is 2.37. The first-order valence-corrected chi connectivity index (χ1v) is 3.97. The third-order valence-corrected chi connectivity index (χ3v) is 1.30. The molecule has 0 aromatic rings. The molecule has 0 unspecified atom stereocenters. The van der Waals surface area contributed by atoms with Gasteiger partial charge in [0, 0.05) is 6.04 Å². The van der Waals surface area contributed by atoms with Gasteiger partial charge in [0.15, 0.2) is 0 Å². The molecule has 0 spiro atoms. The monoisotopic (exact) mass is 167 g/mol. The van der Waals surface area contributed by atoms with Crippen LogP contribution in [0.4, 0.5) is 4.79 Å². The SMILES string of the molecule is CC(C)NC(=O)NC1=NCC=C1. The molecule has 2 amide bonds. The molecular weight excluding hydrogens is 154 g/mol. The van der Waals surface area contributed by atoms with Gasteiger partial charge in [-0.15, -0.1) is 0 Å². The van der Waals surface area contributed by atoms with Crippen molar-refractivity contribution in [1.82, 2.24) is 10.6 Å². The van der Waals surface area contributed by atoms with Crippen LogP contribution in [0.2, 0.25) is 0 Å². The van der Waals surface area contributed by atoms with E-state index in [1.54, 1.807) is 6.08 Å². The van der Waals surface area contributed by atoms with Crippen molar-refractivity contribution >= 4 is 11.9 Å². The fourth-order valence-corrected chi connectivity index (χ4v) is 0.864. The first-order chi connectivity index (χ1) is 5.68. The normalized spacial score (nSPS) is 14.8. The summed E-state index contributed by atoms with van der Waals surface area (Å²) in [5, 5.41) is 5.33. The van der Waals surface area contributed by atoms with E-state index in [1.165, 1.54) is 0 Å². The maximum Gasteiger partial charge on any atom is 0.320 e. The largest absolute Gasteiger partial charge is 0.336 e. The van der Waals surface area contributed by atoms with Crippen LogP contribution in [-0.4, -0.2) is 24.5 Å². The summed E-state index contributed by atoms with van der Waals surface area (Å²) in [5.74, 6) is 0.633. The molecule has 1 aliphatic rings. The molecule has 0 saturated carbocycles. The van der Waals surface area contributed by atoms with Crippen molar-refractivity contribution in [2.75, 3.05) is 6.54 Å². The Morgan fingerprint density at radius 3 is 2.92 bits per heavy atom. The maximum absolute atomic E-state index is 11.1. The highest BCUT2D eigenvalue weighted by Crippen LogP contribution is 1.89. The number of nitrogens with zero attached hydrogens (tertiary/aromatic N) is 1. The van der Waals surface area contributed by atoms with Gasteiger partial charge < -0.3 is 5.32 Å². The second-order valence-corrected chi connectivity index (χ2v) is 2.88. The summed E-state index contributed by atoms with van der Waals surface area (Å²) in [6.07, 6.45) is 3.69. The third-order valence-electron chi connectivity index (χ3n) is 1.30. The van der Waals surface area contributed by atoms with E-state index in [2.05, 4.69) is 15.6 Å². The van der Waals surface area contributed by atoms with Crippen molar-refractivity contribution in [2.24, 2.45) is 4.99 Å². The van der Waals surface area contributed by atoms with E-state index in [9.17, 15) is 4.79 Å². The van der Waals surface area contributed by atoms with Crippen molar-refractivity contribution < 1.29 is 4.79 Å². The predicted molar refractivity (Wildman–Crippen MR) is 48.2 cm³/mol. The molecule has 0 atom stereocenters. The van der Waals surface area contributed by atoms with Crippen LogP contribution in [-0.2, 0) is 0 Å². The molecule has 12 heavy (non-hydrogen) atoms. The van der Waals surface area contributed by atoms with E-state index in [0.717, 1.165) is 0 Å². The lowest BCUT2D eigenvalue weighted by Gasteiger charge is -2.08. The van der Waals surface area contributed by atoms with Crippen LogP contribution < -0.4 is 10.6 Å². The molecule has 66 valence electrons. The molecule has 0 bridgehead atoms. The number of amides is 2. The van der Waals surface area contributed by atoms with E-state index in [-0.39, 0.29) is 12.1 Å². The van der Waals surface area contributed by atoms with E-state index < -0.39 is 0 Å². The summed E-state index contributed by atoms with van der Waals surface area (Å²) in [6, 6.07) is -0.0497. The molecule has 4 nitrogen and oxygen atoms in total. The number of aliphatic imine (C=N–C) groups is 1. The topological polar surface area (TPSA) is 53.5 Å². The summed E-state index contributed by atoms with van der Waals surface area (Å²) in [5.41, 5.74) is 0. The third kappa shape index (κ3) is 2.74. The van der Waals surface area contributed by atoms with Crippen LogP contribution in [0, 0.1) is 0 Å². The van der Waals surface area contributed by atoms with Crippen molar-refractivity contribution in [3.63, 3.8) is 0 Å². The zero-order valence-corrected chi connectivity index (χ0v) is 7.29. The highest BCUT2D eigenvalue weighted by Gasteiger charge is 2.05. The summed E-state index contributed by atoms with van der Waals surface area (Å²) in [4.78, 5) is 15.1. The quantitative estimate of drug-likeness (QED) is 0.592. The number of nitrogens with one attached hydrogen (secondary N) is 2. The lowest BCUT2D eigenvalue weighted by molar-refractivity contribution is 0.243. The zero-order chi connectivity index (χ0) is 8.97. The Labute approximate surface area is 71.8 Å². The molecule has 0 aromatic heterocycles. The minimum atomic E-state index is -0.199. The number of hydrogen-bond acceptors (Lipinski definition) is 2. The fraction of sp³-hybridized carbons (Fsp3) is 0.500. The van der Waals surface area contributed by atoms with Gasteiger partial charge in [-0.25, -0.2) is 4.79 Å². The van der Waals surface area contributed by atoms with Crippen LogP contribution in [0.1, 0.15) is 13.8 Å². The molecule has 0 radical (unpaired) electrons. The summed E-state index contributed by atoms with van der Waals surface area (Å²) >= 11 is 0. The van der Waals surface area contributed by atoms with E-state index in [1.807, 2.05) is 19.9 Å². The number of urea groups is 1. The van der Waals surface area contributed by atoms with Gasteiger partial charge in [-0.2, -0.15) is 0 Å². The Bertz CT molecular complexity index is 230. The van der Waals surface area contributed by atoms with Crippen LogP contribution in [0.5, 0.6) is 0 Å². The molecule has 1 rings (SSSR count). The number of rotatable bonds is 1. The average molecular weight is 167 g/mol. The fourth-order valence-electron chi connectivity index (χ4n) is 0.864. The molecule has 4 heteroatoms. The van der Waals surface area contributed by atoms with E-state index >= 15 is 0 Å². The summed E-state index contributed by atoms with van der Waals surface area (Å²) in [7, 11) is 0. The number of amidine groups is 1. The van der Waals surface area contributed by atoms with Crippen molar-refractivity contribution in [3.05, 3.63) is 12.2 Å². The van der Waals surface area contributed by atoms with Crippen LogP contribution in [0.3, 0.4) is 0 Å². The number of hydrogen-bond donors (Lipinski definition) is 2. The number of carbonyl (C=O) groups is 1. The lowest BCUT2D eigenvalue weighted by Crippen LogP contribution is -2.41. The standard InChI is InChI=1S/C8H13N3O/c1-6(2)10-8(12)11-7-4-3-5-9-7/h3-4,6H,5H2,1-2H3,(H2,9,10,11,12). The smallest absolute Gasteiger partial charge is 0.320 e. The Balaban J connectivity index is 2.31. The van der Waals surface area contributed by atoms with E-state index in [4.69, 9.17) is 0 Å². The highest BCUT2D eigenvalue weighted by atomic mass is 16.2. The van der Waals surface area contributed by atoms with Gasteiger partial charge in [-0.05, 0) is 19.9 Å². The molecular formula is C8H13N3O. The molecule has 0 saturated heterocycles. The van der Waals surface area contributed by atoms with E-state index in [0.29, 0.717) is 12.4 Å². The Kier molecular flexibility index (Phi) is 2.85. The Hall–Kier alpha value is -1.32. The van der Waals surface area contributed by atoms with Gasteiger partial charge in [0.1, 0.15) is 5.84 Å². The Morgan fingerprint density at radius 2 is 2.42 bits per heavy atom. The Morgan fingerprint density at radius 1 is 1.67 bits per heavy atom. The minimum Gasteiger partial charge on any atom is -0.336 e. The van der Waals surface area contributed by atoms with Crippen LogP contribution in [0.25, 0.3) is 0 Å². The van der Waals surface area contributed by atoms with Gasteiger partial charge in [-0.3, -0.25) is 10.3 Å². The van der Waals surface area contributed by atoms with Gasteiger partial charge in [-0.1, -0.05) is 6.08 Å². The van der Waals surface area contributed by atoms with Crippen LogP contribution in [0.15, 0.2) is 17.1 Å². The zero-order valence-electron chi connectivity index (χ0n) is 7.29. The first-order valence-electron chi connectivity index (χ1n) is 3.97. The second-order valence-electron chi connectivity index (χ2n) is 2.88. The van der Waals surface area contributed by atoms with Crippen molar-refractivity contribution in [2.45, 2.75) is 19.9 Å². The van der Waals surface area contributed by atoms with Gasteiger partial charge in [0.05, 0.1) is 6.54 Å². The molecule has 0 aromatic carbocycles. The minimum absolute atomic E-state index is 0.149. The molecule has 1 heterocycles. The van der Waals surface area contributed by atoms with Crippen molar-refractivity contribution in [1.29, 1.82) is 0 Å². The predicted octanol–water partition coefficient (Wildman–Crippen LogP) is 0.662. The lowest BCUT2D eigenvalue weighted by atomic mass is 10.4. The van der Waals surface area contributed by atoms with Gasteiger partial charge >= 0.3 is 6.03 Å². The summed E-state index contributed by atoms with van der Waals surface area (Å²) in [6.45, 7) is 4.48. The van der Waals surface area contributed by atoms with Crippen LogP contribution >= 0.6 is 0 Å². The summed E-state index contributed by atoms with van der Waals surface area (Å²) < 4.78 is 0. The second kappa shape index (κ2) is 3.90. The maximum atomic E-state index is 11.1. The first kappa shape index (κ1) is 8.77.